The second-order valence-corrected chi connectivity index (χ2v) is 6.49. The summed E-state index contributed by atoms with van der Waals surface area (Å²) in [5.41, 5.74) is 7.13. The van der Waals surface area contributed by atoms with E-state index in [4.69, 9.17) is 5.73 Å². The fraction of sp³-hybridized carbons (Fsp3) is 0.250. The molecule has 5 N–H and O–H groups in total. The summed E-state index contributed by atoms with van der Waals surface area (Å²) in [6.07, 6.45) is 0. The maximum atomic E-state index is 12.3. The molecule has 0 aliphatic rings. The van der Waals surface area contributed by atoms with E-state index in [0.29, 0.717) is 35.0 Å². The van der Waals surface area contributed by atoms with Crippen molar-refractivity contribution in [2.24, 2.45) is 11.7 Å². The van der Waals surface area contributed by atoms with E-state index in [2.05, 4.69) is 16.0 Å². The Morgan fingerprint density at radius 3 is 2.30 bits per heavy atom. The first-order valence-corrected chi connectivity index (χ1v) is 8.67. The average molecular weight is 368 g/mol. The zero-order chi connectivity index (χ0) is 19.8. The highest BCUT2D eigenvalue weighted by Gasteiger charge is 2.13. The molecule has 0 atom stereocenters. The second-order valence-electron chi connectivity index (χ2n) is 6.49. The van der Waals surface area contributed by atoms with Crippen molar-refractivity contribution < 1.29 is 14.4 Å². The van der Waals surface area contributed by atoms with Crippen molar-refractivity contribution >= 4 is 29.1 Å². The van der Waals surface area contributed by atoms with Gasteiger partial charge >= 0.3 is 0 Å². The number of nitrogens with two attached hydrogens (primary N) is 1. The summed E-state index contributed by atoms with van der Waals surface area (Å²) in [5.74, 6) is -0.694. The monoisotopic (exact) mass is 368 g/mol. The van der Waals surface area contributed by atoms with Crippen LogP contribution in [0.4, 0.5) is 11.4 Å². The first-order valence-electron chi connectivity index (χ1n) is 8.67. The molecule has 0 saturated carbocycles. The van der Waals surface area contributed by atoms with Crippen LogP contribution in [0.25, 0.3) is 0 Å². The largest absolute Gasteiger partial charge is 0.376 e. The fourth-order valence-corrected chi connectivity index (χ4v) is 2.31. The van der Waals surface area contributed by atoms with Gasteiger partial charge in [0.15, 0.2) is 0 Å². The summed E-state index contributed by atoms with van der Waals surface area (Å²) in [7, 11) is 0. The average Bonchev–Trinajstić information content (AvgIpc) is 2.65. The minimum atomic E-state index is -0.508. The number of carbonyl (C=O) groups is 3. The van der Waals surface area contributed by atoms with Gasteiger partial charge in [-0.1, -0.05) is 26.0 Å². The van der Waals surface area contributed by atoms with E-state index in [9.17, 15) is 14.4 Å². The van der Waals surface area contributed by atoms with Crippen molar-refractivity contribution in [3.63, 3.8) is 0 Å². The van der Waals surface area contributed by atoms with Crippen LogP contribution in [0.3, 0.4) is 0 Å². The molecule has 0 aliphatic carbocycles. The molecule has 7 heteroatoms. The third-order valence-electron chi connectivity index (χ3n) is 3.74. The topological polar surface area (TPSA) is 113 Å². The molecule has 2 aromatic carbocycles. The fourth-order valence-electron chi connectivity index (χ4n) is 2.31. The van der Waals surface area contributed by atoms with Gasteiger partial charge in [0.2, 0.25) is 11.8 Å². The molecule has 7 nitrogen and oxygen atoms in total. The van der Waals surface area contributed by atoms with Gasteiger partial charge in [0.05, 0.1) is 17.8 Å². The minimum Gasteiger partial charge on any atom is -0.376 e. The molecule has 27 heavy (non-hydrogen) atoms. The lowest BCUT2D eigenvalue weighted by Gasteiger charge is -2.13. The van der Waals surface area contributed by atoms with Crippen LogP contribution in [-0.4, -0.2) is 30.8 Å². The van der Waals surface area contributed by atoms with Crippen LogP contribution in [0.2, 0.25) is 0 Å². The van der Waals surface area contributed by atoms with Gasteiger partial charge in [-0.3, -0.25) is 14.4 Å². The van der Waals surface area contributed by atoms with Crippen LogP contribution in [0.5, 0.6) is 0 Å². The predicted octanol–water partition coefficient (Wildman–Crippen LogP) is 2.22. The van der Waals surface area contributed by atoms with E-state index in [1.165, 1.54) is 0 Å². The van der Waals surface area contributed by atoms with Gasteiger partial charge in [-0.25, -0.2) is 0 Å². The minimum absolute atomic E-state index is 0.0118. The Morgan fingerprint density at radius 2 is 1.67 bits per heavy atom. The van der Waals surface area contributed by atoms with E-state index in [0.717, 1.165) is 0 Å². The molecule has 2 aromatic rings. The highest BCUT2D eigenvalue weighted by atomic mass is 16.2. The molecule has 0 fully saturated rings. The zero-order valence-electron chi connectivity index (χ0n) is 15.4. The van der Waals surface area contributed by atoms with Crippen molar-refractivity contribution in [2.75, 3.05) is 23.7 Å². The Balaban J connectivity index is 1.95. The van der Waals surface area contributed by atoms with Gasteiger partial charge in [-0.05, 0) is 42.3 Å². The first kappa shape index (κ1) is 20.0. The van der Waals surface area contributed by atoms with Crippen LogP contribution in [0.15, 0.2) is 48.5 Å². The molecule has 0 aliphatic heterocycles. The summed E-state index contributed by atoms with van der Waals surface area (Å²) in [6, 6.07) is 13.4. The van der Waals surface area contributed by atoms with Crippen LogP contribution in [-0.2, 0) is 4.79 Å². The van der Waals surface area contributed by atoms with Gasteiger partial charge in [-0.2, -0.15) is 0 Å². The Morgan fingerprint density at radius 1 is 1.00 bits per heavy atom. The Labute approximate surface area is 158 Å². The number of anilines is 2. The van der Waals surface area contributed by atoms with Crippen molar-refractivity contribution in [3.8, 4) is 0 Å². The van der Waals surface area contributed by atoms with Gasteiger partial charge in [-0.15, -0.1) is 0 Å². The van der Waals surface area contributed by atoms with Crippen molar-refractivity contribution in [1.82, 2.24) is 5.32 Å². The number of nitrogens with one attached hydrogen (secondary N) is 3. The molecule has 0 unspecified atom stereocenters. The van der Waals surface area contributed by atoms with Crippen molar-refractivity contribution in [3.05, 3.63) is 59.7 Å². The molecule has 0 saturated heterocycles. The Hall–Kier alpha value is -3.35. The maximum absolute atomic E-state index is 12.3. The van der Waals surface area contributed by atoms with Crippen molar-refractivity contribution in [1.29, 1.82) is 0 Å². The van der Waals surface area contributed by atoms with Crippen molar-refractivity contribution in [2.45, 2.75) is 13.8 Å². The third kappa shape index (κ3) is 6.14. The lowest BCUT2D eigenvalue weighted by molar-refractivity contribution is -0.114. The number of rotatable bonds is 8. The van der Waals surface area contributed by atoms with Crippen LogP contribution >= 0.6 is 0 Å². The van der Waals surface area contributed by atoms with Crippen LogP contribution in [0, 0.1) is 5.92 Å². The molecule has 0 radical (unpaired) electrons. The van der Waals surface area contributed by atoms with Gasteiger partial charge in [0.25, 0.3) is 5.91 Å². The predicted molar refractivity (Wildman–Crippen MR) is 106 cm³/mol. The molecule has 142 valence electrons. The second kappa shape index (κ2) is 9.38. The first-order chi connectivity index (χ1) is 12.9. The molecule has 3 amide bonds. The molecular weight excluding hydrogens is 344 g/mol. The smallest absolute Gasteiger partial charge is 0.253 e. The Bertz CT molecular complexity index is 816. The highest BCUT2D eigenvalue weighted by molar-refractivity contribution is 6.04. The maximum Gasteiger partial charge on any atom is 0.253 e. The quantitative estimate of drug-likeness (QED) is 0.572. The number of hydrogen-bond acceptors (Lipinski definition) is 4. The van der Waals surface area contributed by atoms with E-state index in [-0.39, 0.29) is 18.4 Å². The normalized spacial score (nSPS) is 10.3. The zero-order valence-corrected chi connectivity index (χ0v) is 15.4. The number of para-hydroxylation sites is 1. The van der Waals surface area contributed by atoms with Crippen LogP contribution < -0.4 is 21.7 Å². The number of primary amides is 1. The Kier molecular flexibility index (Phi) is 6.93. The van der Waals surface area contributed by atoms with Gasteiger partial charge in [0, 0.05) is 17.8 Å². The molecule has 0 spiro atoms. The van der Waals surface area contributed by atoms with E-state index in [1.807, 2.05) is 13.8 Å². The summed E-state index contributed by atoms with van der Waals surface area (Å²) in [4.78, 5) is 35.6. The molecule has 0 heterocycles. The third-order valence-corrected chi connectivity index (χ3v) is 3.74. The van der Waals surface area contributed by atoms with E-state index >= 15 is 0 Å². The van der Waals surface area contributed by atoms with E-state index in [1.54, 1.807) is 48.5 Å². The lowest BCUT2D eigenvalue weighted by atomic mass is 10.1. The number of amides is 3. The molecule has 0 bridgehead atoms. The molecular formula is C20H24N4O3. The van der Waals surface area contributed by atoms with Crippen LogP contribution in [0.1, 0.15) is 34.6 Å². The highest BCUT2D eigenvalue weighted by Crippen LogP contribution is 2.15. The molecule has 2 rings (SSSR count). The number of hydrogen-bond donors (Lipinski definition) is 4. The summed E-state index contributed by atoms with van der Waals surface area (Å²) in [5, 5.41) is 8.54. The van der Waals surface area contributed by atoms with E-state index < -0.39 is 5.91 Å². The summed E-state index contributed by atoms with van der Waals surface area (Å²) < 4.78 is 0. The van der Waals surface area contributed by atoms with Gasteiger partial charge in [0.1, 0.15) is 0 Å². The number of benzene rings is 2. The summed E-state index contributed by atoms with van der Waals surface area (Å²) >= 11 is 0. The SMILES string of the molecule is CC(C)CNC(=O)c1ccccc1NC(=O)CNc1ccc(C(N)=O)cc1. The molecule has 0 aromatic heterocycles. The van der Waals surface area contributed by atoms with Gasteiger partial charge < -0.3 is 21.7 Å². The standard InChI is InChI=1S/C20H24N4O3/c1-13(2)11-23-20(27)16-5-3-4-6-17(16)24-18(25)12-22-15-9-7-14(8-10-15)19(21)26/h3-10,13,22H,11-12H2,1-2H3,(H2,21,26)(H,23,27)(H,24,25). The number of carbonyl (C=O) groups excluding carboxylic acids is 3. The summed E-state index contributed by atoms with van der Waals surface area (Å²) in [6.45, 7) is 4.59. The lowest BCUT2D eigenvalue weighted by Crippen LogP contribution is -2.29.